The first-order valence-corrected chi connectivity index (χ1v) is 9.50. The van der Waals surface area contributed by atoms with Gasteiger partial charge in [0.2, 0.25) is 0 Å². The van der Waals surface area contributed by atoms with Gasteiger partial charge in [-0.25, -0.2) is 9.97 Å². The molecule has 1 aliphatic heterocycles. The van der Waals surface area contributed by atoms with Crippen molar-refractivity contribution >= 4 is 11.7 Å². The van der Waals surface area contributed by atoms with Gasteiger partial charge in [0.25, 0.3) is 5.91 Å². The third-order valence-corrected chi connectivity index (χ3v) is 5.08. The van der Waals surface area contributed by atoms with E-state index in [0.717, 1.165) is 28.2 Å². The van der Waals surface area contributed by atoms with Crippen LogP contribution in [-0.4, -0.2) is 51.5 Å². The van der Waals surface area contributed by atoms with Gasteiger partial charge in [0, 0.05) is 44.2 Å². The number of hydrogen-bond donors (Lipinski definition) is 1. The number of carbonyl (C=O) groups excluding carboxylic acids is 1. The number of fused-ring (bicyclic) bond motifs is 1. The second-order valence-electron chi connectivity index (χ2n) is 7.42. The maximum atomic E-state index is 13.0. The van der Waals surface area contributed by atoms with Gasteiger partial charge in [-0.05, 0) is 43.2 Å². The molecule has 3 heterocycles. The topological polar surface area (TPSA) is 82.5 Å². The molecule has 0 aliphatic carbocycles. The first-order valence-electron chi connectivity index (χ1n) is 9.50. The lowest BCUT2D eigenvalue weighted by molar-refractivity contribution is 0.0729. The highest BCUT2D eigenvalue weighted by molar-refractivity contribution is 5.97. The molecule has 0 spiro atoms. The Morgan fingerprint density at radius 2 is 1.90 bits per heavy atom. The van der Waals surface area contributed by atoms with Gasteiger partial charge in [0.05, 0.1) is 17.8 Å². The van der Waals surface area contributed by atoms with Crippen LogP contribution in [0.3, 0.4) is 0 Å². The molecule has 0 fully saturated rings. The van der Waals surface area contributed by atoms with Gasteiger partial charge >= 0.3 is 0 Å². The van der Waals surface area contributed by atoms with E-state index in [1.54, 1.807) is 29.4 Å². The molecule has 0 saturated heterocycles. The van der Waals surface area contributed by atoms with Gasteiger partial charge in [-0.3, -0.25) is 9.78 Å². The molecule has 148 valence electrons. The zero-order chi connectivity index (χ0) is 20.5. The van der Waals surface area contributed by atoms with Crippen LogP contribution >= 0.6 is 0 Å². The molecule has 0 bridgehead atoms. The van der Waals surface area contributed by atoms with E-state index in [1.807, 2.05) is 44.1 Å². The largest absolute Gasteiger partial charge is 0.507 e. The summed E-state index contributed by atoms with van der Waals surface area (Å²) in [6, 6.07) is 8.86. The summed E-state index contributed by atoms with van der Waals surface area (Å²) in [6.45, 7) is 2.81. The molecule has 7 nitrogen and oxygen atoms in total. The number of rotatable bonds is 3. The number of nitrogens with zero attached hydrogens (tertiary/aromatic N) is 5. The second-order valence-corrected chi connectivity index (χ2v) is 7.42. The van der Waals surface area contributed by atoms with Crippen LogP contribution in [0, 0.1) is 6.92 Å². The number of aromatic nitrogens is 3. The lowest BCUT2D eigenvalue weighted by atomic mass is 10.0. The highest BCUT2D eigenvalue weighted by Crippen LogP contribution is 2.30. The Kier molecular flexibility index (Phi) is 4.88. The molecule has 1 aromatic carbocycles. The highest BCUT2D eigenvalue weighted by Gasteiger charge is 2.28. The van der Waals surface area contributed by atoms with Crippen LogP contribution in [0.1, 0.15) is 27.2 Å². The predicted octanol–water partition coefficient (Wildman–Crippen LogP) is 2.82. The maximum absolute atomic E-state index is 13.0. The Morgan fingerprint density at radius 3 is 2.59 bits per heavy atom. The second kappa shape index (κ2) is 7.50. The number of benzene rings is 1. The molecular formula is C22H23N5O2. The lowest BCUT2D eigenvalue weighted by Gasteiger charge is -2.31. The minimum atomic E-state index is -0.191. The van der Waals surface area contributed by atoms with Gasteiger partial charge in [-0.15, -0.1) is 0 Å². The van der Waals surface area contributed by atoms with E-state index < -0.39 is 0 Å². The lowest BCUT2D eigenvalue weighted by Crippen LogP contribution is -2.37. The summed E-state index contributed by atoms with van der Waals surface area (Å²) in [7, 11) is 3.92. The summed E-state index contributed by atoms with van der Waals surface area (Å²) >= 11 is 0. The number of carbonyl (C=O) groups is 1. The van der Waals surface area contributed by atoms with Gasteiger partial charge < -0.3 is 14.9 Å². The third-order valence-electron chi connectivity index (χ3n) is 5.08. The van der Waals surface area contributed by atoms with E-state index in [4.69, 9.17) is 9.97 Å². The average Bonchev–Trinajstić information content (AvgIpc) is 2.72. The van der Waals surface area contributed by atoms with Crippen molar-refractivity contribution in [2.24, 2.45) is 0 Å². The van der Waals surface area contributed by atoms with Crippen molar-refractivity contribution in [3.05, 3.63) is 65.1 Å². The molecule has 1 amide bonds. The van der Waals surface area contributed by atoms with Crippen molar-refractivity contribution in [3.63, 3.8) is 0 Å². The predicted molar refractivity (Wildman–Crippen MR) is 111 cm³/mol. The van der Waals surface area contributed by atoms with Crippen LogP contribution in [-0.2, 0) is 13.0 Å². The number of phenols is 1. The van der Waals surface area contributed by atoms with Crippen molar-refractivity contribution in [1.29, 1.82) is 0 Å². The Bertz CT molecular complexity index is 1070. The van der Waals surface area contributed by atoms with E-state index in [9.17, 15) is 9.90 Å². The fraction of sp³-hybridized carbons (Fsp3) is 0.273. The number of aryl methyl sites for hydroxylation is 1. The Balaban J connectivity index is 1.71. The zero-order valence-corrected chi connectivity index (χ0v) is 16.8. The van der Waals surface area contributed by atoms with Gasteiger partial charge in [0.15, 0.2) is 5.82 Å². The van der Waals surface area contributed by atoms with Crippen LogP contribution in [0.25, 0.3) is 11.4 Å². The number of aromatic hydroxyl groups is 1. The molecule has 4 rings (SSSR count). The van der Waals surface area contributed by atoms with E-state index in [2.05, 4.69) is 4.98 Å². The quantitative estimate of drug-likeness (QED) is 0.742. The monoisotopic (exact) mass is 389 g/mol. The van der Waals surface area contributed by atoms with E-state index in [0.29, 0.717) is 30.9 Å². The average molecular weight is 389 g/mol. The zero-order valence-electron chi connectivity index (χ0n) is 16.8. The van der Waals surface area contributed by atoms with Crippen LogP contribution < -0.4 is 4.90 Å². The molecule has 3 aromatic rings. The first-order chi connectivity index (χ1) is 13.9. The first kappa shape index (κ1) is 18.9. The number of hydrogen-bond acceptors (Lipinski definition) is 6. The van der Waals surface area contributed by atoms with Crippen LogP contribution in [0.15, 0.2) is 42.7 Å². The van der Waals surface area contributed by atoms with Crippen molar-refractivity contribution < 1.29 is 9.90 Å². The Morgan fingerprint density at radius 1 is 1.14 bits per heavy atom. The standard InChI is InChI=1S/C22H23N5O2/c1-14-4-5-17(19(28)12-14)22(29)27-11-8-16-18(13-27)24-20(25-21(16)26(2)3)15-6-9-23-10-7-15/h4-7,9-10,12,28H,8,11,13H2,1-3H3. The smallest absolute Gasteiger partial charge is 0.257 e. The maximum Gasteiger partial charge on any atom is 0.257 e. The summed E-state index contributed by atoms with van der Waals surface area (Å²) < 4.78 is 0. The third kappa shape index (κ3) is 3.63. The summed E-state index contributed by atoms with van der Waals surface area (Å²) in [6.07, 6.45) is 4.09. The molecule has 7 heteroatoms. The molecule has 2 aromatic heterocycles. The molecule has 29 heavy (non-hydrogen) atoms. The minimum Gasteiger partial charge on any atom is -0.507 e. The van der Waals surface area contributed by atoms with Crippen molar-refractivity contribution in [2.75, 3.05) is 25.5 Å². The number of anilines is 1. The van der Waals surface area contributed by atoms with Gasteiger partial charge in [0.1, 0.15) is 11.6 Å². The fourth-order valence-corrected chi connectivity index (χ4v) is 3.58. The van der Waals surface area contributed by atoms with E-state index >= 15 is 0 Å². The number of pyridine rings is 1. The molecule has 0 unspecified atom stereocenters. The number of amides is 1. The molecule has 0 saturated carbocycles. The highest BCUT2D eigenvalue weighted by atomic mass is 16.3. The van der Waals surface area contributed by atoms with Crippen LogP contribution in [0.2, 0.25) is 0 Å². The Hall–Kier alpha value is -3.48. The summed E-state index contributed by atoms with van der Waals surface area (Å²) in [5.74, 6) is 1.30. The van der Waals surface area contributed by atoms with Gasteiger partial charge in [-0.2, -0.15) is 0 Å². The van der Waals surface area contributed by atoms with Crippen LogP contribution in [0.4, 0.5) is 5.82 Å². The molecule has 0 atom stereocenters. The van der Waals surface area contributed by atoms with E-state index in [1.165, 1.54) is 0 Å². The van der Waals surface area contributed by atoms with Crippen molar-refractivity contribution in [2.45, 2.75) is 19.9 Å². The SMILES string of the molecule is Cc1ccc(C(=O)N2CCc3c(nc(-c4ccncc4)nc3N(C)C)C2)c(O)c1. The number of phenolic OH excluding ortho intramolecular Hbond substituents is 1. The van der Waals surface area contributed by atoms with Gasteiger partial charge in [-0.1, -0.05) is 6.07 Å². The van der Waals surface area contributed by atoms with Crippen LogP contribution in [0.5, 0.6) is 5.75 Å². The Labute approximate surface area is 169 Å². The molecule has 1 N–H and O–H groups in total. The minimum absolute atomic E-state index is 0.00920. The summed E-state index contributed by atoms with van der Waals surface area (Å²) in [5, 5.41) is 10.2. The molecule has 0 radical (unpaired) electrons. The summed E-state index contributed by atoms with van der Waals surface area (Å²) in [5.41, 5.74) is 4.00. The fourth-order valence-electron chi connectivity index (χ4n) is 3.58. The van der Waals surface area contributed by atoms with Crippen molar-refractivity contribution in [3.8, 4) is 17.1 Å². The van der Waals surface area contributed by atoms with E-state index in [-0.39, 0.29) is 11.7 Å². The molecular weight excluding hydrogens is 366 g/mol. The summed E-state index contributed by atoms with van der Waals surface area (Å²) in [4.78, 5) is 30.3. The van der Waals surface area contributed by atoms with Crippen molar-refractivity contribution in [1.82, 2.24) is 19.9 Å². The molecule has 1 aliphatic rings. The normalized spacial score (nSPS) is 13.1.